The Hall–Kier alpha value is 0.280. The maximum Gasteiger partial charge on any atom is 0.318 e. The molecule has 0 amide bonds. The number of carbonyl (C=O) groups is 1. The molecule has 12 heavy (non-hydrogen) atoms. The van der Waals surface area contributed by atoms with Crippen LogP contribution >= 0.6 is 28.3 Å². The van der Waals surface area contributed by atoms with E-state index >= 15 is 0 Å². The van der Waals surface area contributed by atoms with Gasteiger partial charge in [0.2, 0.25) is 0 Å². The molecule has 3 nitrogen and oxygen atoms in total. The lowest BCUT2D eigenvalue weighted by Crippen LogP contribution is -2.20. The first kappa shape index (κ1) is 12.3. The lowest BCUT2D eigenvalue weighted by atomic mass is 10.3. The van der Waals surface area contributed by atoms with Crippen molar-refractivity contribution < 1.29 is 14.1 Å². The van der Waals surface area contributed by atoms with Gasteiger partial charge >= 0.3 is 5.97 Å². The third-order valence-electron chi connectivity index (χ3n) is 1.31. The summed E-state index contributed by atoms with van der Waals surface area (Å²) in [5, 5.41) is 0. The summed E-state index contributed by atoms with van der Waals surface area (Å²) in [7, 11) is 0. The van der Waals surface area contributed by atoms with Gasteiger partial charge < -0.3 is 4.74 Å². The van der Waals surface area contributed by atoms with E-state index in [1.807, 2.05) is 0 Å². The highest BCUT2D eigenvalue weighted by molar-refractivity contribution is 8.09. The Morgan fingerprint density at radius 1 is 1.50 bits per heavy atom. The lowest BCUT2D eigenvalue weighted by molar-refractivity contribution is -0.142. The van der Waals surface area contributed by atoms with Crippen molar-refractivity contribution >= 4 is 34.3 Å². The van der Waals surface area contributed by atoms with Crippen LogP contribution in [0.1, 0.15) is 20.3 Å². The highest BCUT2D eigenvalue weighted by Gasteiger charge is 2.34. The van der Waals surface area contributed by atoms with E-state index in [9.17, 15) is 9.36 Å². The van der Waals surface area contributed by atoms with Crippen molar-refractivity contribution in [3.63, 3.8) is 0 Å². The van der Waals surface area contributed by atoms with Gasteiger partial charge in [-0.25, -0.2) is 0 Å². The van der Waals surface area contributed by atoms with Crippen LogP contribution in [0.5, 0.6) is 0 Å². The number of esters is 1. The minimum Gasteiger partial charge on any atom is -0.465 e. The molecular weight excluding hydrogens is 222 g/mol. The number of rotatable bonds is 4. The third kappa shape index (κ3) is 3.79. The predicted molar refractivity (Wildman–Crippen MR) is 50.0 cm³/mol. The third-order valence-corrected chi connectivity index (χ3v) is 4.02. The van der Waals surface area contributed by atoms with E-state index in [1.54, 1.807) is 13.8 Å². The second-order valence-electron chi connectivity index (χ2n) is 2.18. The van der Waals surface area contributed by atoms with Gasteiger partial charge in [0.1, 0.15) is 5.66 Å². The first-order valence-electron chi connectivity index (χ1n) is 3.59. The minimum atomic E-state index is -3.39. The van der Waals surface area contributed by atoms with Crippen LogP contribution < -0.4 is 0 Å². The fourth-order valence-corrected chi connectivity index (χ4v) is 2.79. The molecule has 0 aromatic carbocycles. The Morgan fingerprint density at radius 3 is 2.25 bits per heavy atom. The van der Waals surface area contributed by atoms with E-state index in [2.05, 4.69) is 4.74 Å². The van der Waals surface area contributed by atoms with Gasteiger partial charge in [0.05, 0.1) is 6.61 Å². The maximum absolute atomic E-state index is 11.1. The van der Waals surface area contributed by atoms with E-state index in [-0.39, 0.29) is 6.61 Å². The Labute approximate surface area is 81.3 Å². The smallest absolute Gasteiger partial charge is 0.318 e. The van der Waals surface area contributed by atoms with E-state index < -0.39 is 17.5 Å². The van der Waals surface area contributed by atoms with Gasteiger partial charge in [0.15, 0.2) is 0 Å². The van der Waals surface area contributed by atoms with Crippen molar-refractivity contribution in [2.75, 3.05) is 6.61 Å². The molecule has 72 valence electrons. The topological polar surface area (TPSA) is 43.4 Å². The summed E-state index contributed by atoms with van der Waals surface area (Å²) in [5.74, 6) is -3.98. The standard InChI is InChI=1S/C6H11Cl2O3P/c1-3-5(12(7,8)10)6(9)11-4-2/h5H,3-4H2,1-2H3. The molecule has 1 atom stereocenters. The van der Waals surface area contributed by atoms with Gasteiger partial charge in [-0.15, -0.1) is 0 Å². The van der Waals surface area contributed by atoms with Gasteiger partial charge in [-0.05, 0) is 35.8 Å². The van der Waals surface area contributed by atoms with E-state index in [0.717, 1.165) is 0 Å². The van der Waals surface area contributed by atoms with Gasteiger partial charge in [0.25, 0.3) is 5.85 Å². The Morgan fingerprint density at radius 2 is 2.00 bits per heavy atom. The second-order valence-corrected chi connectivity index (χ2v) is 7.34. The number of halogens is 2. The van der Waals surface area contributed by atoms with Crippen molar-refractivity contribution in [1.82, 2.24) is 0 Å². The molecule has 0 heterocycles. The number of ether oxygens (including phenoxy) is 1. The summed E-state index contributed by atoms with van der Waals surface area (Å²) in [5.41, 5.74) is -0.888. The van der Waals surface area contributed by atoms with Crippen molar-refractivity contribution in [3.05, 3.63) is 0 Å². The summed E-state index contributed by atoms with van der Waals surface area (Å²) in [6, 6.07) is 0. The first-order valence-corrected chi connectivity index (χ1v) is 7.17. The van der Waals surface area contributed by atoms with Crippen LogP contribution in [0.3, 0.4) is 0 Å². The molecule has 0 aliphatic rings. The molecular formula is C6H11Cl2O3P. The average molecular weight is 233 g/mol. The summed E-state index contributed by atoms with van der Waals surface area (Å²) >= 11 is 10.7. The second kappa shape index (κ2) is 5.11. The molecule has 0 aliphatic heterocycles. The van der Waals surface area contributed by atoms with Crippen molar-refractivity contribution in [1.29, 1.82) is 0 Å². The van der Waals surface area contributed by atoms with Crippen LogP contribution in [0, 0.1) is 0 Å². The summed E-state index contributed by atoms with van der Waals surface area (Å²) in [4.78, 5) is 11.1. The molecule has 0 saturated carbocycles. The van der Waals surface area contributed by atoms with E-state index in [0.29, 0.717) is 6.42 Å². The van der Waals surface area contributed by atoms with Crippen LogP contribution in [0.25, 0.3) is 0 Å². The maximum atomic E-state index is 11.1. The van der Waals surface area contributed by atoms with Crippen LogP contribution in [-0.4, -0.2) is 18.2 Å². The van der Waals surface area contributed by atoms with Crippen LogP contribution in [0.2, 0.25) is 0 Å². The van der Waals surface area contributed by atoms with E-state index in [1.165, 1.54) is 0 Å². The SMILES string of the molecule is CCOC(=O)C(CC)P(=O)(Cl)Cl. The van der Waals surface area contributed by atoms with Crippen molar-refractivity contribution in [2.45, 2.75) is 25.9 Å². The molecule has 0 saturated heterocycles. The quantitative estimate of drug-likeness (QED) is 0.553. The fourth-order valence-electron chi connectivity index (χ4n) is 0.740. The van der Waals surface area contributed by atoms with Gasteiger partial charge in [-0.1, -0.05) is 6.92 Å². The lowest BCUT2D eigenvalue weighted by Gasteiger charge is -2.13. The van der Waals surface area contributed by atoms with Gasteiger partial charge in [-0.3, -0.25) is 9.36 Å². The zero-order valence-electron chi connectivity index (χ0n) is 6.92. The van der Waals surface area contributed by atoms with Gasteiger partial charge in [0, 0.05) is 0 Å². The highest BCUT2D eigenvalue weighted by atomic mass is 35.9. The monoisotopic (exact) mass is 232 g/mol. The van der Waals surface area contributed by atoms with Crippen molar-refractivity contribution in [2.24, 2.45) is 0 Å². The normalized spacial score (nSPS) is 14.0. The van der Waals surface area contributed by atoms with Crippen LogP contribution in [0.15, 0.2) is 0 Å². The summed E-state index contributed by atoms with van der Waals surface area (Å²) in [6.07, 6.45) is 0.323. The fraction of sp³-hybridized carbons (Fsp3) is 0.833. The molecule has 0 aromatic heterocycles. The molecule has 0 radical (unpaired) electrons. The molecule has 1 unspecified atom stereocenters. The van der Waals surface area contributed by atoms with Gasteiger partial charge in [-0.2, -0.15) is 0 Å². The molecule has 0 fully saturated rings. The Balaban J connectivity index is 4.36. The molecule has 0 rings (SSSR count). The highest BCUT2D eigenvalue weighted by Crippen LogP contribution is 2.62. The molecule has 0 N–H and O–H groups in total. The van der Waals surface area contributed by atoms with Crippen molar-refractivity contribution in [3.8, 4) is 0 Å². The van der Waals surface area contributed by atoms with Crippen LogP contribution in [-0.2, 0) is 14.1 Å². The number of hydrogen-bond acceptors (Lipinski definition) is 3. The first-order chi connectivity index (χ1) is 5.43. The largest absolute Gasteiger partial charge is 0.465 e. The molecule has 0 spiro atoms. The number of carbonyl (C=O) groups excluding carboxylic acids is 1. The molecule has 0 aromatic rings. The zero-order chi connectivity index (χ0) is 9.78. The summed E-state index contributed by atoms with van der Waals surface area (Å²) < 4.78 is 15.7. The predicted octanol–water partition coefficient (Wildman–Crippen LogP) is 3.00. The zero-order valence-corrected chi connectivity index (χ0v) is 9.33. The molecule has 0 bridgehead atoms. The summed E-state index contributed by atoms with van der Waals surface area (Å²) in [6.45, 7) is 3.58. The molecule has 6 heteroatoms. The Bertz CT molecular complexity index is 201. The van der Waals surface area contributed by atoms with Crippen LogP contribution in [0.4, 0.5) is 0 Å². The molecule has 0 aliphatic carbocycles. The minimum absolute atomic E-state index is 0.239. The van der Waals surface area contributed by atoms with E-state index in [4.69, 9.17) is 22.5 Å². The number of hydrogen-bond donors (Lipinski definition) is 0. The Kier molecular flexibility index (Phi) is 5.22. The average Bonchev–Trinajstić information content (AvgIpc) is 1.85.